The highest BCUT2D eigenvalue weighted by Gasteiger charge is 2.10. The molecule has 0 radical (unpaired) electrons. The van der Waals surface area contributed by atoms with E-state index in [1.54, 1.807) is 12.1 Å². The molecule has 19 heavy (non-hydrogen) atoms. The van der Waals surface area contributed by atoms with Crippen LogP contribution >= 0.6 is 11.3 Å². The van der Waals surface area contributed by atoms with E-state index < -0.39 is 0 Å². The van der Waals surface area contributed by atoms with Gasteiger partial charge in [-0.05, 0) is 35.2 Å². The Hall–Kier alpha value is -2.00. The Morgan fingerprint density at radius 2 is 1.79 bits per heavy atom. The van der Waals surface area contributed by atoms with Gasteiger partial charge in [-0.15, -0.1) is 11.3 Å². The highest BCUT2D eigenvalue weighted by atomic mass is 32.1. The molecule has 3 aromatic rings. The van der Waals surface area contributed by atoms with Crippen molar-refractivity contribution in [1.29, 1.82) is 0 Å². The molecule has 0 spiro atoms. The third kappa shape index (κ3) is 2.56. The molecule has 1 heterocycles. The van der Waals surface area contributed by atoms with Crippen LogP contribution in [0.3, 0.4) is 0 Å². The lowest BCUT2D eigenvalue weighted by Gasteiger charge is -1.98. The van der Waals surface area contributed by atoms with Gasteiger partial charge < -0.3 is 0 Å². The fourth-order valence-corrected chi connectivity index (χ4v) is 2.99. The molecule has 0 fully saturated rings. The van der Waals surface area contributed by atoms with Crippen molar-refractivity contribution in [2.75, 3.05) is 0 Å². The minimum atomic E-state index is -0.280. The molecule has 0 atom stereocenters. The van der Waals surface area contributed by atoms with Crippen molar-refractivity contribution >= 4 is 27.2 Å². The molecule has 0 amide bonds. The summed E-state index contributed by atoms with van der Waals surface area (Å²) in [5, 5.41) is 1.09. The minimum absolute atomic E-state index is 0.0767. The van der Waals surface area contributed by atoms with E-state index in [1.807, 2.05) is 30.3 Å². The van der Waals surface area contributed by atoms with Crippen LogP contribution < -0.4 is 0 Å². The topological polar surface area (TPSA) is 17.1 Å². The van der Waals surface area contributed by atoms with Crippen molar-refractivity contribution in [1.82, 2.24) is 0 Å². The Morgan fingerprint density at radius 3 is 2.53 bits per heavy atom. The lowest BCUT2D eigenvalue weighted by atomic mass is 10.1. The molecular formula is C16H11FOS. The molecule has 0 aliphatic carbocycles. The summed E-state index contributed by atoms with van der Waals surface area (Å²) >= 11 is 1.50. The highest BCUT2D eigenvalue weighted by molar-refractivity contribution is 7.20. The van der Waals surface area contributed by atoms with E-state index >= 15 is 0 Å². The van der Waals surface area contributed by atoms with Gasteiger partial charge >= 0.3 is 0 Å². The van der Waals surface area contributed by atoms with Gasteiger partial charge in [0.25, 0.3) is 0 Å². The van der Waals surface area contributed by atoms with E-state index in [1.165, 1.54) is 23.5 Å². The first-order valence-corrected chi connectivity index (χ1v) is 6.80. The van der Waals surface area contributed by atoms with Crippen LogP contribution in [0.2, 0.25) is 0 Å². The Morgan fingerprint density at radius 1 is 1.05 bits per heavy atom. The third-order valence-electron chi connectivity index (χ3n) is 2.98. The monoisotopic (exact) mass is 270 g/mol. The second-order valence-electron chi connectivity index (χ2n) is 4.37. The van der Waals surface area contributed by atoms with Crippen molar-refractivity contribution in [2.24, 2.45) is 0 Å². The van der Waals surface area contributed by atoms with Crippen LogP contribution in [-0.2, 0) is 6.42 Å². The van der Waals surface area contributed by atoms with Gasteiger partial charge in [0.2, 0.25) is 0 Å². The summed E-state index contributed by atoms with van der Waals surface area (Å²) in [6.45, 7) is 0. The molecule has 0 saturated carbocycles. The molecule has 3 rings (SSSR count). The molecule has 0 bridgehead atoms. The molecule has 1 nitrogen and oxygen atoms in total. The summed E-state index contributed by atoms with van der Waals surface area (Å²) in [6, 6.07) is 15.9. The van der Waals surface area contributed by atoms with Crippen LogP contribution in [-0.4, -0.2) is 5.78 Å². The average Bonchev–Trinajstić information content (AvgIpc) is 2.85. The molecule has 0 N–H and O–H groups in total. The van der Waals surface area contributed by atoms with Gasteiger partial charge in [0.05, 0.1) is 4.88 Å². The minimum Gasteiger partial charge on any atom is -0.293 e. The van der Waals surface area contributed by atoms with Crippen molar-refractivity contribution in [3.63, 3.8) is 0 Å². The standard InChI is InChI=1S/C16H11FOS/c17-13-7-5-11(6-8-13)9-14(18)16-10-12-3-1-2-4-15(12)19-16/h1-8,10H,9H2. The first-order valence-electron chi connectivity index (χ1n) is 5.98. The number of rotatable bonds is 3. The fraction of sp³-hybridized carbons (Fsp3) is 0.0625. The van der Waals surface area contributed by atoms with Crippen LogP contribution in [0.25, 0.3) is 10.1 Å². The Labute approximate surface area is 114 Å². The van der Waals surface area contributed by atoms with Gasteiger partial charge in [-0.25, -0.2) is 4.39 Å². The number of ketones is 1. The summed E-state index contributed by atoms with van der Waals surface area (Å²) in [5.74, 6) is -0.203. The SMILES string of the molecule is O=C(Cc1ccc(F)cc1)c1cc2ccccc2s1. The first-order chi connectivity index (χ1) is 9.22. The molecule has 94 valence electrons. The second-order valence-corrected chi connectivity index (χ2v) is 5.46. The largest absolute Gasteiger partial charge is 0.293 e. The number of Topliss-reactive ketones (excluding diaryl/α,β-unsaturated/α-hetero) is 1. The number of hydrogen-bond acceptors (Lipinski definition) is 2. The van der Waals surface area contributed by atoms with E-state index in [0.29, 0.717) is 6.42 Å². The van der Waals surface area contributed by atoms with Crippen molar-refractivity contribution in [3.05, 3.63) is 70.9 Å². The van der Waals surface area contributed by atoms with E-state index in [0.717, 1.165) is 20.5 Å². The molecule has 1 aromatic heterocycles. The van der Waals surface area contributed by atoms with Crippen LogP contribution in [0.5, 0.6) is 0 Å². The summed E-state index contributed by atoms with van der Waals surface area (Å²) in [6.07, 6.45) is 0.313. The normalized spacial score (nSPS) is 10.8. The van der Waals surface area contributed by atoms with Crippen molar-refractivity contribution in [2.45, 2.75) is 6.42 Å². The number of carbonyl (C=O) groups excluding carboxylic acids is 1. The molecule has 0 saturated heterocycles. The Bertz CT molecular complexity index is 695. The number of carbonyl (C=O) groups is 1. The Balaban J connectivity index is 1.85. The van der Waals surface area contributed by atoms with Gasteiger partial charge in [-0.1, -0.05) is 30.3 Å². The molecular weight excluding hydrogens is 259 g/mol. The van der Waals surface area contributed by atoms with E-state index in [4.69, 9.17) is 0 Å². The van der Waals surface area contributed by atoms with E-state index in [2.05, 4.69) is 0 Å². The molecule has 0 aliphatic heterocycles. The quantitative estimate of drug-likeness (QED) is 0.642. The first kappa shape index (κ1) is 12.1. The van der Waals surface area contributed by atoms with Gasteiger partial charge in [-0.2, -0.15) is 0 Å². The highest BCUT2D eigenvalue weighted by Crippen LogP contribution is 2.26. The molecule has 0 aliphatic rings. The zero-order chi connectivity index (χ0) is 13.2. The summed E-state index contributed by atoms with van der Waals surface area (Å²) in [4.78, 5) is 12.9. The molecule has 3 heteroatoms. The van der Waals surface area contributed by atoms with Gasteiger partial charge in [0, 0.05) is 11.1 Å². The predicted molar refractivity (Wildman–Crippen MR) is 76.3 cm³/mol. The smallest absolute Gasteiger partial charge is 0.177 e. The van der Waals surface area contributed by atoms with Crippen molar-refractivity contribution in [3.8, 4) is 0 Å². The van der Waals surface area contributed by atoms with E-state index in [9.17, 15) is 9.18 Å². The Kier molecular flexibility index (Phi) is 3.13. The summed E-state index contributed by atoms with van der Waals surface area (Å²) in [7, 11) is 0. The maximum atomic E-state index is 12.8. The number of fused-ring (bicyclic) bond motifs is 1. The second kappa shape index (κ2) is 4.94. The van der Waals surface area contributed by atoms with Crippen LogP contribution in [0.1, 0.15) is 15.2 Å². The predicted octanol–water partition coefficient (Wildman–Crippen LogP) is 4.47. The molecule has 0 unspecified atom stereocenters. The van der Waals surface area contributed by atoms with Gasteiger partial charge in [0.1, 0.15) is 5.82 Å². The fourth-order valence-electron chi connectivity index (χ4n) is 1.99. The van der Waals surface area contributed by atoms with Crippen LogP contribution in [0.4, 0.5) is 4.39 Å². The molecule has 2 aromatic carbocycles. The number of thiophene rings is 1. The van der Waals surface area contributed by atoms with Crippen molar-refractivity contribution < 1.29 is 9.18 Å². The number of benzene rings is 2. The number of halogens is 1. The van der Waals surface area contributed by atoms with Gasteiger partial charge in [-0.3, -0.25) is 4.79 Å². The lowest BCUT2D eigenvalue weighted by Crippen LogP contribution is -2.00. The summed E-state index contributed by atoms with van der Waals surface area (Å²) in [5.41, 5.74) is 0.837. The third-order valence-corrected chi connectivity index (χ3v) is 4.14. The lowest BCUT2D eigenvalue weighted by molar-refractivity contribution is 0.0997. The zero-order valence-corrected chi connectivity index (χ0v) is 10.9. The maximum Gasteiger partial charge on any atom is 0.177 e. The van der Waals surface area contributed by atoms with Crippen LogP contribution in [0.15, 0.2) is 54.6 Å². The van der Waals surface area contributed by atoms with Gasteiger partial charge in [0.15, 0.2) is 5.78 Å². The maximum absolute atomic E-state index is 12.8. The van der Waals surface area contributed by atoms with Crippen LogP contribution in [0, 0.1) is 5.82 Å². The summed E-state index contributed by atoms with van der Waals surface area (Å²) < 4.78 is 13.9. The van der Waals surface area contributed by atoms with E-state index in [-0.39, 0.29) is 11.6 Å². The zero-order valence-electron chi connectivity index (χ0n) is 10.1. The number of hydrogen-bond donors (Lipinski definition) is 0. The average molecular weight is 270 g/mol.